The molecule has 1 aromatic heterocycles. The molecule has 3 rings (SSSR count). The number of hydrogen-bond acceptors (Lipinski definition) is 4. The number of rotatable bonds is 2. The van der Waals surface area contributed by atoms with Crippen LogP contribution < -0.4 is 5.73 Å². The van der Waals surface area contributed by atoms with Crippen molar-refractivity contribution in [3.05, 3.63) is 36.0 Å². The molecule has 1 aliphatic rings. The smallest absolute Gasteiger partial charge is 0.256 e. The fraction of sp³-hybridized carbons (Fsp3) is 0.333. The van der Waals surface area contributed by atoms with E-state index < -0.39 is 0 Å². The zero-order valence-electron chi connectivity index (χ0n) is 11.1. The Labute approximate surface area is 117 Å². The molecule has 1 fully saturated rings. The number of aliphatic hydroxyl groups is 1. The van der Waals surface area contributed by atoms with Gasteiger partial charge in [-0.15, -0.1) is 0 Å². The van der Waals surface area contributed by atoms with Gasteiger partial charge in [0.1, 0.15) is 5.82 Å². The van der Waals surface area contributed by atoms with E-state index in [0.29, 0.717) is 24.5 Å². The second-order valence-electron chi connectivity index (χ2n) is 5.19. The molecule has 20 heavy (non-hydrogen) atoms. The third-order valence-corrected chi connectivity index (χ3v) is 3.89. The van der Waals surface area contributed by atoms with Crippen molar-refractivity contribution in [1.29, 1.82) is 0 Å². The van der Waals surface area contributed by atoms with Gasteiger partial charge in [-0.25, -0.2) is 4.98 Å². The molecule has 1 unspecified atom stereocenters. The number of pyridine rings is 1. The standard InChI is InChI=1S/C15H17N3O2/c16-14-12-4-2-1-3-11(12)13(7-17-14)15(20)18-6-5-10(8-18)9-19/h1-4,7,10,19H,5-6,8-9H2,(H2,16,17). The van der Waals surface area contributed by atoms with Crippen LogP contribution in [0.4, 0.5) is 5.82 Å². The van der Waals surface area contributed by atoms with E-state index in [2.05, 4.69) is 4.98 Å². The van der Waals surface area contributed by atoms with E-state index in [-0.39, 0.29) is 18.4 Å². The van der Waals surface area contributed by atoms with Gasteiger partial charge in [0.15, 0.2) is 0 Å². The number of nitrogens with two attached hydrogens (primary N) is 1. The van der Waals surface area contributed by atoms with Crippen molar-refractivity contribution in [2.75, 3.05) is 25.4 Å². The molecule has 0 aliphatic carbocycles. The molecule has 2 heterocycles. The Kier molecular flexibility index (Phi) is 3.28. The fourth-order valence-electron chi connectivity index (χ4n) is 2.72. The number of aromatic nitrogens is 1. The number of aliphatic hydroxyl groups excluding tert-OH is 1. The van der Waals surface area contributed by atoms with E-state index in [1.54, 1.807) is 11.1 Å². The predicted molar refractivity (Wildman–Crippen MR) is 77.3 cm³/mol. The van der Waals surface area contributed by atoms with E-state index in [0.717, 1.165) is 17.2 Å². The second kappa shape index (κ2) is 5.09. The maximum Gasteiger partial charge on any atom is 0.256 e. The second-order valence-corrected chi connectivity index (χ2v) is 5.19. The molecule has 3 N–H and O–H groups in total. The number of likely N-dealkylation sites (tertiary alicyclic amines) is 1. The summed E-state index contributed by atoms with van der Waals surface area (Å²) in [6, 6.07) is 7.53. The highest BCUT2D eigenvalue weighted by molar-refractivity contribution is 6.09. The van der Waals surface area contributed by atoms with Gasteiger partial charge in [0, 0.05) is 37.2 Å². The molecular formula is C15H17N3O2. The van der Waals surface area contributed by atoms with Crippen LogP contribution >= 0.6 is 0 Å². The molecule has 1 atom stereocenters. The summed E-state index contributed by atoms with van der Waals surface area (Å²) < 4.78 is 0. The number of carbonyl (C=O) groups is 1. The lowest BCUT2D eigenvalue weighted by atomic mass is 10.1. The normalized spacial score (nSPS) is 18.6. The van der Waals surface area contributed by atoms with E-state index in [1.165, 1.54) is 0 Å². The van der Waals surface area contributed by atoms with E-state index in [4.69, 9.17) is 5.73 Å². The van der Waals surface area contributed by atoms with Gasteiger partial charge in [0.05, 0.1) is 5.56 Å². The highest BCUT2D eigenvalue weighted by atomic mass is 16.3. The van der Waals surface area contributed by atoms with Crippen LogP contribution in [0.25, 0.3) is 10.8 Å². The quantitative estimate of drug-likeness (QED) is 0.862. The van der Waals surface area contributed by atoms with Crippen LogP contribution in [0.15, 0.2) is 30.5 Å². The van der Waals surface area contributed by atoms with Gasteiger partial charge < -0.3 is 15.7 Å². The molecule has 2 aromatic rings. The molecule has 0 spiro atoms. The highest BCUT2D eigenvalue weighted by Crippen LogP contribution is 2.25. The summed E-state index contributed by atoms with van der Waals surface area (Å²) in [5.41, 5.74) is 6.43. The van der Waals surface area contributed by atoms with Crippen molar-refractivity contribution >= 4 is 22.5 Å². The fourth-order valence-corrected chi connectivity index (χ4v) is 2.72. The summed E-state index contributed by atoms with van der Waals surface area (Å²) in [5.74, 6) is 0.586. The summed E-state index contributed by atoms with van der Waals surface area (Å²) in [7, 11) is 0. The zero-order valence-corrected chi connectivity index (χ0v) is 11.1. The van der Waals surface area contributed by atoms with Crippen molar-refractivity contribution in [2.45, 2.75) is 6.42 Å². The average molecular weight is 271 g/mol. The van der Waals surface area contributed by atoms with Gasteiger partial charge in [-0.05, 0) is 11.8 Å². The van der Waals surface area contributed by atoms with Gasteiger partial charge >= 0.3 is 0 Å². The summed E-state index contributed by atoms with van der Waals surface area (Å²) in [5, 5.41) is 10.8. The highest BCUT2D eigenvalue weighted by Gasteiger charge is 2.27. The van der Waals surface area contributed by atoms with Crippen molar-refractivity contribution in [3.8, 4) is 0 Å². The van der Waals surface area contributed by atoms with Gasteiger partial charge in [-0.1, -0.05) is 24.3 Å². The Morgan fingerprint density at radius 3 is 2.85 bits per heavy atom. The number of hydrogen-bond donors (Lipinski definition) is 2. The molecule has 1 aromatic carbocycles. The molecule has 104 valence electrons. The third-order valence-electron chi connectivity index (χ3n) is 3.89. The first kappa shape index (κ1) is 12.9. The van der Waals surface area contributed by atoms with Crippen molar-refractivity contribution in [2.24, 2.45) is 5.92 Å². The maximum absolute atomic E-state index is 12.6. The maximum atomic E-state index is 12.6. The molecular weight excluding hydrogens is 254 g/mol. The molecule has 0 radical (unpaired) electrons. The number of nitrogen functional groups attached to an aromatic ring is 1. The third kappa shape index (κ3) is 2.10. The van der Waals surface area contributed by atoms with Gasteiger partial charge in [-0.2, -0.15) is 0 Å². The van der Waals surface area contributed by atoms with Gasteiger partial charge in [0.2, 0.25) is 0 Å². The lowest BCUT2D eigenvalue weighted by Gasteiger charge is -2.17. The lowest BCUT2D eigenvalue weighted by Crippen LogP contribution is -2.29. The summed E-state index contributed by atoms with van der Waals surface area (Å²) >= 11 is 0. The van der Waals surface area contributed by atoms with Crippen molar-refractivity contribution in [1.82, 2.24) is 9.88 Å². The first-order valence-electron chi connectivity index (χ1n) is 6.74. The SMILES string of the molecule is Nc1ncc(C(=O)N2CCC(CO)C2)c2ccccc12. The van der Waals surface area contributed by atoms with E-state index in [1.807, 2.05) is 24.3 Å². The first-order valence-corrected chi connectivity index (χ1v) is 6.74. The molecule has 1 saturated heterocycles. The summed E-state index contributed by atoms with van der Waals surface area (Å²) in [4.78, 5) is 18.5. The molecule has 5 heteroatoms. The van der Waals surface area contributed by atoms with Crippen LogP contribution in [-0.2, 0) is 0 Å². The van der Waals surface area contributed by atoms with Crippen molar-refractivity contribution in [3.63, 3.8) is 0 Å². The Balaban J connectivity index is 1.98. The number of fused-ring (bicyclic) bond motifs is 1. The lowest BCUT2D eigenvalue weighted by molar-refractivity contribution is 0.0783. The van der Waals surface area contributed by atoms with Gasteiger partial charge in [-0.3, -0.25) is 4.79 Å². The Bertz CT molecular complexity index is 657. The Morgan fingerprint density at radius 2 is 2.15 bits per heavy atom. The Hall–Kier alpha value is -2.14. The predicted octanol–water partition coefficient (Wildman–Crippen LogP) is 1.27. The minimum atomic E-state index is -0.0374. The minimum absolute atomic E-state index is 0.0374. The summed E-state index contributed by atoms with van der Waals surface area (Å²) in [6.45, 7) is 1.42. The zero-order chi connectivity index (χ0) is 14.1. The molecule has 0 bridgehead atoms. The largest absolute Gasteiger partial charge is 0.396 e. The molecule has 1 amide bonds. The van der Waals surface area contributed by atoms with E-state index >= 15 is 0 Å². The molecule has 5 nitrogen and oxygen atoms in total. The number of nitrogens with zero attached hydrogens (tertiary/aromatic N) is 2. The van der Waals surface area contributed by atoms with Crippen molar-refractivity contribution < 1.29 is 9.90 Å². The topological polar surface area (TPSA) is 79.5 Å². The summed E-state index contributed by atoms with van der Waals surface area (Å²) in [6.07, 6.45) is 2.40. The number of carbonyl (C=O) groups excluding carboxylic acids is 1. The monoisotopic (exact) mass is 271 g/mol. The minimum Gasteiger partial charge on any atom is -0.396 e. The number of anilines is 1. The number of benzene rings is 1. The van der Waals surface area contributed by atoms with Crippen LogP contribution in [0.2, 0.25) is 0 Å². The van der Waals surface area contributed by atoms with Crippen LogP contribution in [-0.4, -0.2) is 40.6 Å². The first-order chi connectivity index (χ1) is 9.70. The van der Waals surface area contributed by atoms with Crippen LogP contribution in [0.5, 0.6) is 0 Å². The van der Waals surface area contributed by atoms with Gasteiger partial charge in [0.25, 0.3) is 5.91 Å². The Morgan fingerprint density at radius 1 is 1.40 bits per heavy atom. The number of amides is 1. The van der Waals surface area contributed by atoms with Crippen LogP contribution in [0.3, 0.4) is 0 Å². The van der Waals surface area contributed by atoms with E-state index in [9.17, 15) is 9.90 Å². The average Bonchev–Trinajstić information content (AvgIpc) is 2.96. The van der Waals surface area contributed by atoms with Crippen LogP contribution in [0, 0.1) is 5.92 Å². The van der Waals surface area contributed by atoms with Crippen LogP contribution in [0.1, 0.15) is 16.8 Å². The molecule has 1 aliphatic heterocycles. The molecule has 0 saturated carbocycles.